The molecule has 0 aromatic heterocycles. The molecule has 4 nitrogen and oxygen atoms in total. The Hall–Kier alpha value is -2.49. The molecule has 0 unspecified atom stereocenters. The summed E-state index contributed by atoms with van der Waals surface area (Å²) >= 11 is 0. The first kappa shape index (κ1) is 15.9. The molecular formula is C18H21NO3. The van der Waals surface area contributed by atoms with Crippen LogP contribution in [0.15, 0.2) is 42.5 Å². The smallest absolute Gasteiger partial charge is 0.251 e. The highest BCUT2D eigenvalue weighted by atomic mass is 16.5. The molecule has 2 aromatic carbocycles. The SMILES string of the molecule is COc1ccc([C@H](C)NC(=O)c2ccc(C)cc2)cc1OC. The summed E-state index contributed by atoms with van der Waals surface area (Å²) in [6.45, 7) is 3.93. The molecule has 1 atom stereocenters. The molecule has 116 valence electrons. The predicted molar refractivity (Wildman–Crippen MR) is 86.6 cm³/mol. The fraction of sp³-hybridized carbons (Fsp3) is 0.278. The monoisotopic (exact) mass is 299 g/mol. The predicted octanol–water partition coefficient (Wildman–Crippen LogP) is 3.50. The van der Waals surface area contributed by atoms with E-state index in [0.29, 0.717) is 17.1 Å². The van der Waals surface area contributed by atoms with Crippen molar-refractivity contribution in [3.63, 3.8) is 0 Å². The molecule has 1 amide bonds. The Balaban J connectivity index is 2.13. The number of benzene rings is 2. The Morgan fingerprint density at radius 1 is 1.00 bits per heavy atom. The molecule has 4 heteroatoms. The van der Waals surface area contributed by atoms with Crippen LogP contribution >= 0.6 is 0 Å². The lowest BCUT2D eigenvalue weighted by Gasteiger charge is -2.16. The molecule has 0 spiro atoms. The van der Waals surface area contributed by atoms with Crippen molar-refractivity contribution >= 4 is 5.91 Å². The van der Waals surface area contributed by atoms with Gasteiger partial charge < -0.3 is 14.8 Å². The minimum absolute atomic E-state index is 0.0951. The molecule has 1 N–H and O–H groups in total. The highest BCUT2D eigenvalue weighted by molar-refractivity contribution is 5.94. The standard InChI is InChI=1S/C18H21NO3/c1-12-5-7-14(8-6-12)18(20)19-13(2)15-9-10-16(21-3)17(11-15)22-4/h5-11,13H,1-4H3,(H,19,20)/t13-/m0/s1. The van der Waals surface area contributed by atoms with Gasteiger partial charge in [0.05, 0.1) is 20.3 Å². The highest BCUT2D eigenvalue weighted by Gasteiger charge is 2.13. The maximum atomic E-state index is 12.3. The Labute approximate surface area is 131 Å². The molecule has 0 aliphatic rings. The van der Waals surface area contributed by atoms with Gasteiger partial charge in [-0.3, -0.25) is 4.79 Å². The molecule has 0 heterocycles. The van der Waals surface area contributed by atoms with E-state index < -0.39 is 0 Å². The summed E-state index contributed by atoms with van der Waals surface area (Å²) in [6, 6.07) is 13.0. The number of methoxy groups -OCH3 is 2. The van der Waals surface area contributed by atoms with Gasteiger partial charge in [0, 0.05) is 5.56 Å². The van der Waals surface area contributed by atoms with Crippen LogP contribution in [0, 0.1) is 6.92 Å². The fourth-order valence-corrected chi connectivity index (χ4v) is 2.19. The van der Waals surface area contributed by atoms with Crippen LogP contribution in [-0.2, 0) is 0 Å². The summed E-state index contributed by atoms with van der Waals surface area (Å²) in [4.78, 5) is 12.3. The third-order valence-corrected chi connectivity index (χ3v) is 3.57. The van der Waals surface area contributed by atoms with E-state index in [9.17, 15) is 4.79 Å². The summed E-state index contributed by atoms with van der Waals surface area (Å²) in [5.74, 6) is 1.22. The first-order chi connectivity index (χ1) is 10.5. The molecule has 2 rings (SSSR count). The topological polar surface area (TPSA) is 47.6 Å². The van der Waals surface area contributed by atoms with Crippen LogP contribution < -0.4 is 14.8 Å². The second kappa shape index (κ2) is 6.98. The second-order valence-electron chi connectivity index (χ2n) is 5.18. The van der Waals surface area contributed by atoms with E-state index in [1.165, 1.54) is 0 Å². The molecule has 0 radical (unpaired) electrons. The van der Waals surface area contributed by atoms with Crippen molar-refractivity contribution < 1.29 is 14.3 Å². The number of amides is 1. The maximum absolute atomic E-state index is 12.3. The Morgan fingerprint density at radius 3 is 2.23 bits per heavy atom. The number of nitrogens with one attached hydrogen (secondary N) is 1. The van der Waals surface area contributed by atoms with Crippen molar-refractivity contribution in [3.05, 3.63) is 59.2 Å². The van der Waals surface area contributed by atoms with Gasteiger partial charge in [-0.2, -0.15) is 0 Å². The molecule has 0 saturated carbocycles. The van der Waals surface area contributed by atoms with Gasteiger partial charge >= 0.3 is 0 Å². The van der Waals surface area contributed by atoms with Crippen LogP contribution in [0.3, 0.4) is 0 Å². The average Bonchev–Trinajstić information content (AvgIpc) is 2.54. The van der Waals surface area contributed by atoms with Crippen LogP contribution in [0.2, 0.25) is 0 Å². The third kappa shape index (κ3) is 3.58. The number of aryl methyl sites for hydroxylation is 1. The van der Waals surface area contributed by atoms with E-state index in [1.54, 1.807) is 14.2 Å². The van der Waals surface area contributed by atoms with Crippen molar-refractivity contribution in [1.82, 2.24) is 5.32 Å². The van der Waals surface area contributed by atoms with Gasteiger partial charge in [0.25, 0.3) is 5.91 Å². The van der Waals surface area contributed by atoms with Gasteiger partial charge in [-0.15, -0.1) is 0 Å². The van der Waals surface area contributed by atoms with Crippen molar-refractivity contribution in [2.24, 2.45) is 0 Å². The lowest BCUT2D eigenvalue weighted by Crippen LogP contribution is -2.26. The quantitative estimate of drug-likeness (QED) is 0.919. The van der Waals surface area contributed by atoms with E-state index in [1.807, 2.05) is 56.3 Å². The van der Waals surface area contributed by atoms with Gasteiger partial charge in [0.1, 0.15) is 0 Å². The zero-order chi connectivity index (χ0) is 16.1. The summed E-state index contributed by atoms with van der Waals surface area (Å²) in [7, 11) is 3.19. The molecule has 22 heavy (non-hydrogen) atoms. The number of hydrogen-bond acceptors (Lipinski definition) is 3. The zero-order valence-electron chi connectivity index (χ0n) is 13.3. The van der Waals surface area contributed by atoms with E-state index in [0.717, 1.165) is 11.1 Å². The Morgan fingerprint density at radius 2 is 1.64 bits per heavy atom. The van der Waals surface area contributed by atoms with Gasteiger partial charge in [0.15, 0.2) is 11.5 Å². The van der Waals surface area contributed by atoms with Crippen LogP contribution in [0.5, 0.6) is 11.5 Å². The van der Waals surface area contributed by atoms with Gasteiger partial charge in [0.2, 0.25) is 0 Å². The number of hydrogen-bond donors (Lipinski definition) is 1. The molecule has 2 aromatic rings. The third-order valence-electron chi connectivity index (χ3n) is 3.57. The van der Waals surface area contributed by atoms with Crippen molar-refractivity contribution in [1.29, 1.82) is 0 Å². The average molecular weight is 299 g/mol. The van der Waals surface area contributed by atoms with E-state index in [-0.39, 0.29) is 11.9 Å². The summed E-state index contributed by atoms with van der Waals surface area (Å²) in [6.07, 6.45) is 0. The van der Waals surface area contributed by atoms with Crippen LogP contribution in [-0.4, -0.2) is 20.1 Å². The minimum atomic E-state index is -0.131. The molecular weight excluding hydrogens is 278 g/mol. The first-order valence-corrected chi connectivity index (χ1v) is 7.14. The summed E-state index contributed by atoms with van der Waals surface area (Å²) in [5.41, 5.74) is 2.74. The summed E-state index contributed by atoms with van der Waals surface area (Å²) < 4.78 is 10.5. The van der Waals surface area contributed by atoms with Crippen LogP contribution in [0.25, 0.3) is 0 Å². The second-order valence-corrected chi connectivity index (χ2v) is 5.18. The first-order valence-electron chi connectivity index (χ1n) is 7.14. The van der Waals surface area contributed by atoms with Gasteiger partial charge in [-0.25, -0.2) is 0 Å². The fourth-order valence-electron chi connectivity index (χ4n) is 2.19. The van der Waals surface area contributed by atoms with E-state index in [4.69, 9.17) is 9.47 Å². The number of rotatable bonds is 5. The maximum Gasteiger partial charge on any atom is 0.251 e. The van der Waals surface area contributed by atoms with Crippen molar-refractivity contribution in [3.8, 4) is 11.5 Å². The molecule has 0 aliphatic carbocycles. The number of carbonyl (C=O) groups excluding carboxylic acids is 1. The zero-order valence-corrected chi connectivity index (χ0v) is 13.3. The van der Waals surface area contributed by atoms with E-state index in [2.05, 4.69) is 5.32 Å². The molecule has 0 saturated heterocycles. The van der Waals surface area contributed by atoms with Gasteiger partial charge in [-0.1, -0.05) is 23.8 Å². The normalized spacial score (nSPS) is 11.6. The minimum Gasteiger partial charge on any atom is -0.493 e. The lowest BCUT2D eigenvalue weighted by atomic mass is 10.1. The lowest BCUT2D eigenvalue weighted by molar-refractivity contribution is 0.0940. The van der Waals surface area contributed by atoms with Crippen LogP contribution in [0.1, 0.15) is 34.5 Å². The van der Waals surface area contributed by atoms with Crippen molar-refractivity contribution in [2.45, 2.75) is 19.9 Å². The largest absolute Gasteiger partial charge is 0.493 e. The van der Waals surface area contributed by atoms with E-state index >= 15 is 0 Å². The van der Waals surface area contributed by atoms with Crippen LogP contribution in [0.4, 0.5) is 0 Å². The van der Waals surface area contributed by atoms with Crippen molar-refractivity contribution in [2.75, 3.05) is 14.2 Å². The number of ether oxygens (including phenoxy) is 2. The number of carbonyl (C=O) groups is 1. The Bertz CT molecular complexity index is 650. The van der Waals surface area contributed by atoms with Gasteiger partial charge in [-0.05, 0) is 43.7 Å². The molecule has 0 fully saturated rings. The molecule has 0 bridgehead atoms. The highest BCUT2D eigenvalue weighted by Crippen LogP contribution is 2.29. The Kier molecular flexibility index (Phi) is 5.04. The molecule has 0 aliphatic heterocycles. The summed E-state index contributed by atoms with van der Waals surface area (Å²) in [5, 5.41) is 2.99.